The van der Waals surface area contributed by atoms with Crippen molar-refractivity contribution in [3.8, 4) is 0 Å². The van der Waals surface area contributed by atoms with Gasteiger partial charge < -0.3 is 14.8 Å². The van der Waals surface area contributed by atoms with Gasteiger partial charge in [0.2, 0.25) is 0 Å². The predicted octanol–water partition coefficient (Wildman–Crippen LogP) is 3.12. The van der Waals surface area contributed by atoms with Gasteiger partial charge in [-0.25, -0.2) is 0 Å². The Balaban J connectivity index is 2.18. The number of furan rings is 1. The van der Waals surface area contributed by atoms with E-state index in [1.54, 1.807) is 45.0 Å². The third-order valence-electron chi connectivity index (χ3n) is 3.24. The minimum atomic E-state index is -1.26. The average molecular weight is 290 g/mol. The Morgan fingerprint density at radius 1 is 1.33 bits per heavy atom. The van der Waals surface area contributed by atoms with E-state index in [1.165, 1.54) is 6.07 Å². The van der Waals surface area contributed by atoms with Crippen molar-refractivity contribution in [2.45, 2.75) is 26.4 Å². The Bertz CT molecular complexity index is 661. The number of anilines is 1. The number of benzene rings is 1. The van der Waals surface area contributed by atoms with Crippen LogP contribution in [0.5, 0.6) is 0 Å². The molecule has 1 aromatic carbocycles. The van der Waals surface area contributed by atoms with Crippen LogP contribution in [0.3, 0.4) is 0 Å². The zero-order valence-corrected chi connectivity index (χ0v) is 12.2. The van der Waals surface area contributed by atoms with Crippen molar-refractivity contribution in [2.24, 2.45) is 0 Å². The van der Waals surface area contributed by atoms with Crippen LogP contribution in [-0.4, -0.2) is 16.6 Å². The minimum Gasteiger partial charge on any atom is -0.463 e. The molecule has 1 unspecified atom stereocenters. The molecule has 0 fully saturated rings. The van der Waals surface area contributed by atoms with Gasteiger partial charge in [-0.05, 0) is 44.5 Å². The maximum absolute atomic E-state index is 11.1. The highest BCUT2D eigenvalue weighted by Gasteiger charge is 2.27. The molecule has 0 aliphatic carbocycles. The third-order valence-corrected chi connectivity index (χ3v) is 3.24. The fraction of sp³-hybridized carbons (Fsp3) is 0.333. The van der Waals surface area contributed by atoms with Crippen molar-refractivity contribution >= 4 is 11.4 Å². The summed E-state index contributed by atoms with van der Waals surface area (Å²) in [5.74, 6) is 1.12. The van der Waals surface area contributed by atoms with E-state index in [4.69, 9.17) is 4.42 Å². The largest absolute Gasteiger partial charge is 0.463 e. The van der Waals surface area contributed by atoms with Crippen molar-refractivity contribution < 1.29 is 14.4 Å². The summed E-state index contributed by atoms with van der Waals surface area (Å²) < 4.78 is 5.41. The lowest BCUT2D eigenvalue weighted by atomic mass is 10.0. The lowest BCUT2D eigenvalue weighted by molar-refractivity contribution is -0.384. The first-order chi connectivity index (χ1) is 9.79. The van der Waals surface area contributed by atoms with E-state index in [0.717, 1.165) is 5.56 Å². The topological polar surface area (TPSA) is 88.5 Å². The van der Waals surface area contributed by atoms with Crippen LogP contribution in [0.15, 0.2) is 34.7 Å². The molecule has 0 aliphatic heterocycles. The van der Waals surface area contributed by atoms with Gasteiger partial charge in [0.1, 0.15) is 22.8 Å². The van der Waals surface area contributed by atoms with E-state index in [2.05, 4.69) is 5.32 Å². The van der Waals surface area contributed by atoms with Crippen LogP contribution in [0.2, 0.25) is 0 Å². The highest BCUT2D eigenvalue weighted by Crippen LogP contribution is 2.28. The normalized spacial score (nSPS) is 13.7. The molecule has 0 spiro atoms. The maximum Gasteiger partial charge on any atom is 0.292 e. The molecule has 21 heavy (non-hydrogen) atoms. The quantitative estimate of drug-likeness (QED) is 0.652. The highest BCUT2D eigenvalue weighted by molar-refractivity contribution is 5.62. The van der Waals surface area contributed by atoms with Gasteiger partial charge in [0, 0.05) is 6.07 Å². The van der Waals surface area contributed by atoms with Crippen LogP contribution in [0.1, 0.15) is 24.0 Å². The molecular formula is C15H18N2O4. The van der Waals surface area contributed by atoms with Crippen LogP contribution in [0, 0.1) is 24.0 Å². The van der Waals surface area contributed by atoms with Gasteiger partial charge in [0.25, 0.3) is 5.69 Å². The van der Waals surface area contributed by atoms with Crippen molar-refractivity contribution in [2.75, 3.05) is 11.9 Å². The number of rotatable bonds is 5. The lowest BCUT2D eigenvalue weighted by Crippen LogP contribution is -2.30. The first-order valence-corrected chi connectivity index (χ1v) is 6.58. The summed E-state index contributed by atoms with van der Waals surface area (Å²) in [7, 11) is 0. The van der Waals surface area contributed by atoms with E-state index < -0.39 is 10.5 Å². The van der Waals surface area contributed by atoms with E-state index in [1.807, 2.05) is 0 Å². The molecule has 112 valence electrons. The number of nitro benzene ring substituents is 1. The van der Waals surface area contributed by atoms with Crippen molar-refractivity contribution in [1.82, 2.24) is 0 Å². The number of nitrogens with one attached hydrogen (secondary N) is 1. The molecule has 0 bridgehead atoms. The molecule has 1 atom stereocenters. The third kappa shape index (κ3) is 3.41. The number of aliphatic hydroxyl groups is 1. The first kappa shape index (κ1) is 15.1. The second kappa shape index (κ2) is 5.57. The van der Waals surface area contributed by atoms with E-state index in [9.17, 15) is 15.2 Å². The van der Waals surface area contributed by atoms with Gasteiger partial charge in [-0.3, -0.25) is 10.1 Å². The summed E-state index contributed by atoms with van der Waals surface area (Å²) >= 11 is 0. The highest BCUT2D eigenvalue weighted by atomic mass is 16.6. The first-order valence-electron chi connectivity index (χ1n) is 6.58. The molecule has 2 rings (SSSR count). The van der Waals surface area contributed by atoms with Crippen molar-refractivity contribution in [3.05, 3.63) is 57.5 Å². The Kier molecular flexibility index (Phi) is 3.99. The molecule has 0 saturated heterocycles. The van der Waals surface area contributed by atoms with Crippen LogP contribution in [-0.2, 0) is 5.60 Å². The number of hydrogen-bond donors (Lipinski definition) is 2. The fourth-order valence-electron chi connectivity index (χ4n) is 2.02. The summed E-state index contributed by atoms with van der Waals surface area (Å²) in [5, 5.41) is 24.4. The van der Waals surface area contributed by atoms with Gasteiger partial charge in [0.15, 0.2) is 0 Å². The standard InChI is InChI=1S/C15H18N2O4/c1-10-4-6-12(13(8-10)17(19)20)16-9-15(3,18)14-7-5-11(2)21-14/h4-8,16,18H,9H2,1-3H3. The maximum atomic E-state index is 11.1. The monoisotopic (exact) mass is 290 g/mol. The molecule has 2 aromatic rings. The molecule has 0 radical (unpaired) electrons. The number of aryl methyl sites for hydroxylation is 2. The van der Waals surface area contributed by atoms with E-state index in [-0.39, 0.29) is 12.2 Å². The second-order valence-electron chi connectivity index (χ2n) is 5.32. The molecule has 6 heteroatoms. The number of nitrogens with zero attached hydrogens (tertiary/aromatic N) is 1. The van der Waals surface area contributed by atoms with Crippen molar-refractivity contribution in [1.29, 1.82) is 0 Å². The number of nitro groups is 1. The number of hydrogen-bond acceptors (Lipinski definition) is 5. The molecule has 0 amide bonds. The summed E-state index contributed by atoms with van der Waals surface area (Å²) in [5.41, 5.74) is -0.0937. The lowest BCUT2D eigenvalue weighted by Gasteiger charge is -2.22. The van der Waals surface area contributed by atoms with Crippen LogP contribution >= 0.6 is 0 Å². The molecule has 0 aliphatic rings. The SMILES string of the molecule is Cc1ccc(NCC(C)(O)c2ccc(C)o2)c([N+](=O)[O-])c1. The summed E-state index contributed by atoms with van der Waals surface area (Å²) in [4.78, 5) is 10.6. The van der Waals surface area contributed by atoms with Crippen LogP contribution in [0.4, 0.5) is 11.4 Å². The Hall–Kier alpha value is -2.34. The summed E-state index contributed by atoms with van der Waals surface area (Å²) in [6.07, 6.45) is 0. The van der Waals surface area contributed by atoms with Gasteiger partial charge in [0.05, 0.1) is 11.5 Å². The van der Waals surface area contributed by atoms with Gasteiger partial charge >= 0.3 is 0 Å². The van der Waals surface area contributed by atoms with Gasteiger partial charge in [-0.15, -0.1) is 0 Å². The van der Waals surface area contributed by atoms with E-state index >= 15 is 0 Å². The zero-order chi connectivity index (χ0) is 15.6. The minimum absolute atomic E-state index is 0.0126. The molecule has 0 saturated carbocycles. The smallest absolute Gasteiger partial charge is 0.292 e. The molecule has 1 heterocycles. The zero-order valence-electron chi connectivity index (χ0n) is 12.2. The van der Waals surface area contributed by atoms with Gasteiger partial charge in [-0.1, -0.05) is 6.07 Å². The Labute approximate surface area is 122 Å². The second-order valence-corrected chi connectivity index (χ2v) is 5.32. The van der Waals surface area contributed by atoms with E-state index in [0.29, 0.717) is 17.2 Å². The Morgan fingerprint density at radius 3 is 2.62 bits per heavy atom. The molecular weight excluding hydrogens is 272 g/mol. The molecule has 2 N–H and O–H groups in total. The van der Waals surface area contributed by atoms with Crippen LogP contribution < -0.4 is 5.32 Å². The fourth-order valence-corrected chi connectivity index (χ4v) is 2.02. The molecule has 6 nitrogen and oxygen atoms in total. The van der Waals surface area contributed by atoms with Crippen molar-refractivity contribution in [3.63, 3.8) is 0 Å². The molecule has 1 aromatic heterocycles. The average Bonchev–Trinajstić information content (AvgIpc) is 2.84. The summed E-state index contributed by atoms with van der Waals surface area (Å²) in [6, 6.07) is 8.37. The predicted molar refractivity (Wildman–Crippen MR) is 79.3 cm³/mol. The van der Waals surface area contributed by atoms with Gasteiger partial charge in [-0.2, -0.15) is 0 Å². The van der Waals surface area contributed by atoms with Crippen LogP contribution in [0.25, 0.3) is 0 Å². The Morgan fingerprint density at radius 2 is 2.05 bits per heavy atom. The summed E-state index contributed by atoms with van der Waals surface area (Å²) in [6.45, 7) is 5.28.